The minimum Gasteiger partial charge on any atom is -0.385 e. The van der Waals surface area contributed by atoms with Crippen LogP contribution in [-0.2, 0) is 13.5 Å². The highest BCUT2D eigenvalue weighted by Crippen LogP contribution is 2.39. The lowest BCUT2D eigenvalue weighted by molar-refractivity contribution is 0.124. The molecule has 0 amide bonds. The quantitative estimate of drug-likeness (QED) is 0.879. The molecule has 1 aromatic heterocycles. The van der Waals surface area contributed by atoms with Crippen LogP contribution in [0, 0.1) is 0 Å². The van der Waals surface area contributed by atoms with Gasteiger partial charge in [0, 0.05) is 25.4 Å². The second kappa shape index (κ2) is 4.58. The monoisotopic (exact) mass is 242 g/mol. The van der Waals surface area contributed by atoms with Gasteiger partial charge in [-0.15, -0.1) is 0 Å². The molecule has 3 heteroatoms. The van der Waals surface area contributed by atoms with E-state index in [1.807, 2.05) is 17.8 Å². The van der Waals surface area contributed by atoms with Gasteiger partial charge in [0.25, 0.3) is 0 Å². The third-order valence-corrected chi connectivity index (χ3v) is 3.92. The van der Waals surface area contributed by atoms with Crippen molar-refractivity contribution in [2.45, 2.75) is 31.3 Å². The lowest BCUT2D eigenvalue weighted by Gasteiger charge is -2.29. The summed E-state index contributed by atoms with van der Waals surface area (Å²) in [5.41, 5.74) is 2.67. The molecule has 2 atom stereocenters. The van der Waals surface area contributed by atoms with Crippen molar-refractivity contribution >= 4 is 0 Å². The Balaban J connectivity index is 1.97. The Kier molecular flexibility index (Phi) is 2.92. The maximum atomic E-state index is 10.6. The van der Waals surface area contributed by atoms with E-state index in [4.69, 9.17) is 0 Å². The number of aliphatic hydroxyl groups excluding tert-OH is 1. The summed E-state index contributed by atoms with van der Waals surface area (Å²) in [6, 6.07) is 8.45. The second-order valence-corrected chi connectivity index (χ2v) is 5.04. The van der Waals surface area contributed by atoms with Crippen molar-refractivity contribution in [3.8, 4) is 0 Å². The van der Waals surface area contributed by atoms with E-state index in [-0.39, 0.29) is 5.92 Å². The topological polar surface area (TPSA) is 38.0 Å². The first-order valence-corrected chi connectivity index (χ1v) is 6.50. The van der Waals surface area contributed by atoms with Crippen LogP contribution in [0.4, 0.5) is 0 Å². The molecule has 1 aliphatic rings. The molecule has 1 heterocycles. The molecule has 1 aromatic carbocycles. The number of fused-ring (bicyclic) bond motifs is 1. The van der Waals surface area contributed by atoms with Gasteiger partial charge >= 0.3 is 0 Å². The molecule has 0 saturated carbocycles. The van der Waals surface area contributed by atoms with E-state index in [0.717, 1.165) is 25.1 Å². The van der Waals surface area contributed by atoms with Crippen molar-refractivity contribution in [1.29, 1.82) is 0 Å². The molecule has 18 heavy (non-hydrogen) atoms. The van der Waals surface area contributed by atoms with E-state index in [1.54, 1.807) is 6.20 Å². The minimum absolute atomic E-state index is 0.177. The Hall–Kier alpha value is -1.61. The Morgan fingerprint density at radius 2 is 2.22 bits per heavy atom. The van der Waals surface area contributed by atoms with Gasteiger partial charge in [-0.25, -0.2) is 4.98 Å². The van der Waals surface area contributed by atoms with Crippen LogP contribution in [0.1, 0.15) is 41.8 Å². The number of rotatable bonds is 2. The SMILES string of the molecule is Cn1ccnc1C(O)C1CCCc2ccccc21. The predicted octanol–water partition coefficient (Wildman–Crippen LogP) is 2.57. The van der Waals surface area contributed by atoms with Crippen molar-refractivity contribution in [1.82, 2.24) is 9.55 Å². The highest BCUT2D eigenvalue weighted by atomic mass is 16.3. The van der Waals surface area contributed by atoms with Gasteiger partial charge in [0.05, 0.1) is 0 Å². The Bertz CT molecular complexity index is 547. The first kappa shape index (κ1) is 11.5. The summed E-state index contributed by atoms with van der Waals surface area (Å²) in [5.74, 6) is 0.938. The van der Waals surface area contributed by atoms with Crippen molar-refractivity contribution in [2.75, 3.05) is 0 Å². The molecule has 3 nitrogen and oxygen atoms in total. The van der Waals surface area contributed by atoms with Gasteiger partial charge in [-0.2, -0.15) is 0 Å². The minimum atomic E-state index is -0.508. The van der Waals surface area contributed by atoms with E-state index in [1.165, 1.54) is 11.1 Å². The third-order valence-electron chi connectivity index (χ3n) is 3.92. The fraction of sp³-hybridized carbons (Fsp3) is 0.400. The molecule has 3 rings (SSSR count). The summed E-state index contributed by atoms with van der Waals surface area (Å²) >= 11 is 0. The molecule has 0 saturated heterocycles. The fourth-order valence-electron chi connectivity index (χ4n) is 2.96. The summed E-state index contributed by atoms with van der Waals surface area (Å²) in [7, 11) is 1.93. The third kappa shape index (κ3) is 1.85. The van der Waals surface area contributed by atoms with E-state index in [0.29, 0.717) is 0 Å². The van der Waals surface area contributed by atoms with Crippen LogP contribution in [-0.4, -0.2) is 14.7 Å². The molecule has 0 bridgehead atoms. The number of hydrogen-bond donors (Lipinski definition) is 1. The predicted molar refractivity (Wildman–Crippen MR) is 70.3 cm³/mol. The van der Waals surface area contributed by atoms with Gasteiger partial charge in [0.2, 0.25) is 0 Å². The van der Waals surface area contributed by atoms with E-state index >= 15 is 0 Å². The fourth-order valence-corrected chi connectivity index (χ4v) is 2.96. The molecule has 0 spiro atoms. The largest absolute Gasteiger partial charge is 0.385 e. The number of nitrogens with zero attached hydrogens (tertiary/aromatic N) is 2. The van der Waals surface area contributed by atoms with Crippen molar-refractivity contribution < 1.29 is 5.11 Å². The average Bonchev–Trinajstić information content (AvgIpc) is 2.83. The van der Waals surface area contributed by atoms with Gasteiger partial charge < -0.3 is 9.67 Å². The van der Waals surface area contributed by atoms with Crippen LogP contribution < -0.4 is 0 Å². The van der Waals surface area contributed by atoms with Crippen LogP contribution in [0.25, 0.3) is 0 Å². The van der Waals surface area contributed by atoms with Crippen LogP contribution in [0.5, 0.6) is 0 Å². The zero-order valence-electron chi connectivity index (χ0n) is 10.6. The maximum absolute atomic E-state index is 10.6. The highest BCUT2D eigenvalue weighted by Gasteiger charge is 2.29. The molecular formula is C15H18N2O. The summed E-state index contributed by atoms with van der Waals surface area (Å²) < 4.78 is 1.90. The summed E-state index contributed by atoms with van der Waals surface area (Å²) in [4.78, 5) is 4.28. The van der Waals surface area contributed by atoms with Crippen LogP contribution in [0.2, 0.25) is 0 Å². The van der Waals surface area contributed by atoms with Gasteiger partial charge in [-0.1, -0.05) is 24.3 Å². The zero-order chi connectivity index (χ0) is 12.5. The van der Waals surface area contributed by atoms with E-state index in [9.17, 15) is 5.11 Å². The zero-order valence-corrected chi connectivity index (χ0v) is 10.6. The average molecular weight is 242 g/mol. The summed E-state index contributed by atoms with van der Waals surface area (Å²) in [6.45, 7) is 0. The van der Waals surface area contributed by atoms with Crippen LogP contribution >= 0.6 is 0 Å². The molecule has 0 fully saturated rings. The molecule has 0 radical (unpaired) electrons. The van der Waals surface area contributed by atoms with Crippen LogP contribution in [0.3, 0.4) is 0 Å². The lowest BCUT2D eigenvalue weighted by Crippen LogP contribution is -2.19. The molecule has 94 valence electrons. The molecule has 1 aliphatic carbocycles. The number of imidazole rings is 1. The molecule has 0 aliphatic heterocycles. The number of benzene rings is 1. The molecular weight excluding hydrogens is 224 g/mol. The number of aryl methyl sites for hydroxylation is 2. The Labute approximate surface area is 107 Å². The standard InChI is InChI=1S/C15H18N2O/c1-17-10-9-16-15(17)14(18)13-8-4-6-11-5-2-3-7-12(11)13/h2-3,5,7,9-10,13-14,18H,4,6,8H2,1H3. The van der Waals surface area contributed by atoms with Gasteiger partial charge in [0.15, 0.2) is 0 Å². The van der Waals surface area contributed by atoms with E-state index in [2.05, 4.69) is 29.2 Å². The molecule has 2 aromatic rings. The molecule has 2 unspecified atom stereocenters. The Morgan fingerprint density at radius 3 is 3.00 bits per heavy atom. The normalized spacial score (nSPS) is 20.4. The molecule has 1 N–H and O–H groups in total. The van der Waals surface area contributed by atoms with Gasteiger partial charge in [0.1, 0.15) is 11.9 Å². The Morgan fingerprint density at radius 1 is 1.39 bits per heavy atom. The number of aliphatic hydroxyl groups is 1. The van der Waals surface area contributed by atoms with Gasteiger partial charge in [-0.05, 0) is 30.4 Å². The van der Waals surface area contributed by atoms with Crippen molar-refractivity contribution in [3.05, 3.63) is 53.6 Å². The van der Waals surface area contributed by atoms with Crippen LogP contribution in [0.15, 0.2) is 36.7 Å². The number of aromatic nitrogens is 2. The first-order valence-electron chi connectivity index (χ1n) is 6.50. The summed E-state index contributed by atoms with van der Waals surface area (Å²) in [5, 5.41) is 10.6. The second-order valence-electron chi connectivity index (χ2n) is 5.04. The first-order chi connectivity index (χ1) is 8.77. The van der Waals surface area contributed by atoms with Crippen molar-refractivity contribution in [2.24, 2.45) is 7.05 Å². The lowest BCUT2D eigenvalue weighted by atomic mass is 9.79. The highest BCUT2D eigenvalue weighted by molar-refractivity contribution is 5.34. The maximum Gasteiger partial charge on any atom is 0.137 e. The number of hydrogen-bond acceptors (Lipinski definition) is 2. The summed E-state index contributed by atoms with van der Waals surface area (Å²) in [6.07, 6.45) is 6.42. The van der Waals surface area contributed by atoms with Crippen molar-refractivity contribution in [3.63, 3.8) is 0 Å². The van der Waals surface area contributed by atoms with Gasteiger partial charge in [-0.3, -0.25) is 0 Å². The van der Waals surface area contributed by atoms with E-state index < -0.39 is 6.10 Å². The smallest absolute Gasteiger partial charge is 0.137 e.